The number of rotatable bonds is 2. The lowest BCUT2D eigenvalue weighted by Crippen LogP contribution is -1.98. The van der Waals surface area contributed by atoms with Crippen LogP contribution in [0.25, 0.3) is 5.69 Å². The molecule has 3 nitrogen and oxygen atoms in total. The molecular formula is C11H10N2O. The van der Waals surface area contributed by atoms with E-state index in [0.29, 0.717) is 11.3 Å². The molecule has 0 radical (unpaired) electrons. The Bertz CT molecular complexity index is 446. The Balaban J connectivity index is 2.51. The molecule has 0 saturated heterocycles. The maximum absolute atomic E-state index is 10.5. The van der Waals surface area contributed by atoms with E-state index >= 15 is 0 Å². The van der Waals surface area contributed by atoms with Gasteiger partial charge in [0, 0.05) is 18.0 Å². The third-order valence-electron chi connectivity index (χ3n) is 2.07. The number of nitrogens with zero attached hydrogens (tertiary/aromatic N) is 1. The van der Waals surface area contributed by atoms with Gasteiger partial charge >= 0.3 is 0 Å². The highest BCUT2D eigenvalue weighted by Gasteiger charge is 2.00. The summed E-state index contributed by atoms with van der Waals surface area (Å²) in [5, 5.41) is 0. The first-order chi connectivity index (χ1) is 6.81. The fourth-order valence-electron chi connectivity index (χ4n) is 1.38. The predicted molar refractivity (Wildman–Crippen MR) is 55.6 cm³/mol. The third kappa shape index (κ3) is 1.40. The molecule has 0 fully saturated rings. The zero-order valence-corrected chi connectivity index (χ0v) is 7.55. The van der Waals surface area contributed by atoms with Crippen LogP contribution in [0.3, 0.4) is 0 Å². The minimum atomic E-state index is 0.596. The molecule has 2 aromatic rings. The van der Waals surface area contributed by atoms with Crippen LogP contribution >= 0.6 is 0 Å². The Kier molecular flexibility index (Phi) is 2.07. The van der Waals surface area contributed by atoms with E-state index in [1.807, 2.05) is 35.2 Å². The predicted octanol–water partition coefficient (Wildman–Crippen LogP) is 1.87. The van der Waals surface area contributed by atoms with Crippen LogP contribution in [0.15, 0.2) is 42.7 Å². The number of carbonyl (C=O) groups is 1. The van der Waals surface area contributed by atoms with Gasteiger partial charge in [0.2, 0.25) is 0 Å². The molecule has 0 unspecified atom stereocenters. The number of nitrogen functional groups attached to an aromatic ring is 1. The second-order valence-corrected chi connectivity index (χ2v) is 3.03. The molecule has 70 valence electrons. The fraction of sp³-hybridized carbons (Fsp3) is 0. The lowest BCUT2D eigenvalue weighted by Gasteiger charge is -2.06. The smallest absolute Gasteiger partial charge is 0.150 e. The van der Waals surface area contributed by atoms with Gasteiger partial charge in [0.25, 0.3) is 0 Å². The van der Waals surface area contributed by atoms with Crippen LogP contribution in [-0.2, 0) is 0 Å². The first-order valence-electron chi connectivity index (χ1n) is 4.29. The molecular weight excluding hydrogens is 176 g/mol. The van der Waals surface area contributed by atoms with E-state index in [1.54, 1.807) is 12.1 Å². The lowest BCUT2D eigenvalue weighted by atomic mass is 10.2. The molecule has 0 aliphatic heterocycles. The zero-order chi connectivity index (χ0) is 9.97. The van der Waals surface area contributed by atoms with Crippen molar-refractivity contribution in [3.05, 3.63) is 48.3 Å². The normalized spacial score (nSPS) is 10.0. The average Bonchev–Trinajstić information content (AvgIpc) is 2.70. The van der Waals surface area contributed by atoms with E-state index in [4.69, 9.17) is 5.73 Å². The molecule has 0 atom stereocenters. The lowest BCUT2D eigenvalue weighted by molar-refractivity contribution is 0.112. The van der Waals surface area contributed by atoms with Crippen LogP contribution in [-0.4, -0.2) is 10.9 Å². The molecule has 2 rings (SSSR count). The van der Waals surface area contributed by atoms with E-state index in [0.717, 1.165) is 12.0 Å². The fourth-order valence-corrected chi connectivity index (χ4v) is 1.38. The van der Waals surface area contributed by atoms with E-state index in [1.165, 1.54) is 0 Å². The number of aldehydes is 1. The first kappa shape index (κ1) is 8.56. The van der Waals surface area contributed by atoms with Crippen LogP contribution in [0.1, 0.15) is 10.4 Å². The van der Waals surface area contributed by atoms with E-state index in [9.17, 15) is 4.79 Å². The highest BCUT2D eigenvalue weighted by Crippen LogP contribution is 2.17. The molecule has 0 saturated carbocycles. The van der Waals surface area contributed by atoms with Gasteiger partial charge in [-0.2, -0.15) is 0 Å². The SMILES string of the molecule is Nc1cc(C=O)ccc1-n1cccc1. The molecule has 1 heterocycles. The molecule has 1 aromatic carbocycles. The number of nitrogens with two attached hydrogens (primary N) is 1. The van der Waals surface area contributed by atoms with Crippen molar-refractivity contribution in [1.29, 1.82) is 0 Å². The molecule has 0 amide bonds. The number of aromatic nitrogens is 1. The van der Waals surface area contributed by atoms with Crippen molar-refractivity contribution in [2.75, 3.05) is 5.73 Å². The summed E-state index contributed by atoms with van der Waals surface area (Å²) in [7, 11) is 0. The van der Waals surface area contributed by atoms with Gasteiger partial charge in [-0.05, 0) is 30.3 Å². The van der Waals surface area contributed by atoms with Crippen molar-refractivity contribution in [2.24, 2.45) is 0 Å². The van der Waals surface area contributed by atoms with Crippen LogP contribution in [0, 0.1) is 0 Å². The van der Waals surface area contributed by atoms with Crippen molar-refractivity contribution >= 4 is 12.0 Å². The summed E-state index contributed by atoms with van der Waals surface area (Å²) < 4.78 is 1.91. The number of benzene rings is 1. The quantitative estimate of drug-likeness (QED) is 0.575. The minimum absolute atomic E-state index is 0.596. The van der Waals surface area contributed by atoms with Gasteiger partial charge in [-0.1, -0.05) is 0 Å². The molecule has 3 heteroatoms. The van der Waals surface area contributed by atoms with E-state index in [2.05, 4.69) is 0 Å². The topological polar surface area (TPSA) is 48.0 Å². The zero-order valence-electron chi connectivity index (χ0n) is 7.55. The standard InChI is InChI=1S/C11H10N2O/c12-10-7-9(8-14)3-4-11(10)13-5-1-2-6-13/h1-8H,12H2. The van der Waals surface area contributed by atoms with Crippen LogP contribution in [0.5, 0.6) is 0 Å². The summed E-state index contributed by atoms with van der Waals surface area (Å²) >= 11 is 0. The van der Waals surface area contributed by atoms with Crippen molar-refractivity contribution < 1.29 is 4.79 Å². The second-order valence-electron chi connectivity index (χ2n) is 3.03. The minimum Gasteiger partial charge on any atom is -0.397 e. The molecule has 2 N–H and O–H groups in total. The van der Waals surface area contributed by atoms with Crippen molar-refractivity contribution in [3.63, 3.8) is 0 Å². The number of hydrogen-bond donors (Lipinski definition) is 1. The van der Waals surface area contributed by atoms with Crippen LogP contribution in [0.4, 0.5) is 5.69 Å². The van der Waals surface area contributed by atoms with Gasteiger partial charge < -0.3 is 10.3 Å². The monoisotopic (exact) mass is 186 g/mol. The van der Waals surface area contributed by atoms with Gasteiger partial charge in [-0.15, -0.1) is 0 Å². The summed E-state index contributed by atoms with van der Waals surface area (Å²) in [5.74, 6) is 0. The van der Waals surface area contributed by atoms with Crippen molar-refractivity contribution in [3.8, 4) is 5.69 Å². The molecule has 0 aliphatic rings. The number of anilines is 1. The van der Waals surface area contributed by atoms with Gasteiger partial charge in [-0.3, -0.25) is 4.79 Å². The van der Waals surface area contributed by atoms with Crippen molar-refractivity contribution in [1.82, 2.24) is 4.57 Å². The molecule has 0 bridgehead atoms. The Morgan fingerprint density at radius 1 is 1.21 bits per heavy atom. The van der Waals surface area contributed by atoms with E-state index in [-0.39, 0.29) is 0 Å². The molecule has 1 aromatic heterocycles. The molecule has 0 spiro atoms. The van der Waals surface area contributed by atoms with Gasteiger partial charge in [0.1, 0.15) is 6.29 Å². The van der Waals surface area contributed by atoms with Crippen molar-refractivity contribution in [2.45, 2.75) is 0 Å². The van der Waals surface area contributed by atoms with Gasteiger partial charge in [0.15, 0.2) is 0 Å². The second kappa shape index (κ2) is 3.38. The summed E-state index contributed by atoms with van der Waals surface area (Å²) in [6.07, 6.45) is 4.61. The maximum Gasteiger partial charge on any atom is 0.150 e. The number of hydrogen-bond acceptors (Lipinski definition) is 2. The van der Waals surface area contributed by atoms with Gasteiger partial charge in [0.05, 0.1) is 11.4 Å². The molecule has 14 heavy (non-hydrogen) atoms. The van der Waals surface area contributed by atoms with E-state index < -0.39 is 0 Å². The third-order valence-corrected chi connectivity index (χ3v) is 2.07. The summed E-state index contributed by atoms with van der Waals surface area (Å²) in [6.45, 7) is 0. The van der Waals surface area contributed by atoms with Gasteiger partial charge in [-0.25, -0.2) is 0 Å². The summed E-state index contributed by atoms with van der Waals surface area (Å²) in [6, 6.07) is 9.10. The Morgan fingerprint density at radius 2 is 1.93 bits per heavy atom. The number of carbonyl (C=O) groups excluding carboxylic acids is 1. The highest BCUT2D eigenvalue weighted by molar-refractivity contribution is 5.78. The average molecular weight is 186 g/mol. The maximum atomic E-state index is 10.5. The summed E-state index contributed by atoms with van der Waals surface area (Å²) in [4.78, 5) is 10.5. The van der Waals surface area contributed by atoms with Crippen LogP contribution in [0.2, 0.25) is 0 Å². The largest absolute Gasteiger partial charge is 0.397 e. The Labute approximate surface area is 81.8 Å². The highest BCUT2D eigenvalue weighted by atomic mass is 16.1. The Hall–Kier alpha value is -2.03. The summed E-state index contributed by atoms with van der Waals surface area (Å²) in [5.41, 5.74) is 7.90. The first-order valence-corrected chi connectivity index (χ1v) is 4.29. The Morgan fingerprint density at radius 3 is 2.50 bits per heavy atom. The molecule has 0 aliphatic carbocycles. The van der Waals surface area contributed by atoms with Crippen LogP contribution < -0.4 is 5.73 Å².